The molecule has 2 aromatic carbocycles. The van der Waals surface area contributed by atoms with E-state index in [1.54, 1.807) is 36.4 Å². The van der Waals surface area contributed by atoms with Crippen LogP contribution in [0.3, 0.4) is 0 Å². The zero-order valence-electron chi connectivity index (χ0n) is 15.5. The topological polar surface area (TPSA) is 78.1 Å². The van der Waals surface area contributed by atoms with Gasteiger partial charge in [0.05, 0.1) is 39.7 Å². The smallest absolute Gasteiger partial charge is 0.258 e. The maximum Gasteiger partial charge on any atom is 0.258 e. The Balaban J connectivity index is 1.76. The van der Waals surface area contributed by atoms with Crippen LogP contribution in [0.1, 0.15) is 19.7 Å². The van der Waals surface area contributed by atoms with Gasteiger partial charge in [-0.05, 0) is 38.1 Å². The van der Waals surface area contributed by atoms with Crippen LogP contribution >= 0.6 is 23.2 Å². The second-order valence-corrected chi connectivity index (χ2v) is 7.46. The number of benzene rings is 2. The highest BCUT2D eigenvalue weighted by Gasteiger charge is 2.17. The fourth-order valence-corrected chi connectivity index (χ4v) is 3.15. The molecule has 1 aromatic heterocycles. The van der Waals surface area contributed by atoms with Gasteiger partial charge >= 0.3 is 0 Å². The number of para-hydroxylation sites is 1. The lowest BCUT2D eigenvalue weighted by Gasteiger charge is -2.25. The highest BCUT2D eigenvalue weighted by Crippen LogP contribution is 2.29. The van der Waals surface area contributed by atoms with Crippen LogP contribution in [0, 0.1) is 0 Å². The standard InChI is InChI=1S/C20H20Cl2N4O2/c1-12(2)26(11-18(27)24-16-9-5-7-14(21)19(16)22)10-17-23-15-8-4-3-6-13(15)20(28)25-17/h3-9,12H,10-11H2,1-2H3,(H,24,27)(H,23,25,28). The Morgan fingerprint density at radius 3 is 2.68 bits per heavy atom. The van der Waals surface area contributed by atoms with Gasteiger partial charge in [-0.15, -0.1) is 0 Å². The first-order chi connectivity index (χ1) is 13.3. The number of hydrogen-bond acceptors (Lipinski definition) is 4. The molecule has 0 unspecified atom stereocenters. The quantitative estimate of drug-likeness (QED) is 0.631. The summed E-state index contributed by atoms with van der Waals surface area (Å²) in [5.74, 6) is 0.270. The van der Waals surface area contributed by atoms with Gasteiger partial charge < -0.3 is 10.3 Å². The molecule has 0 aliphatic heterocycles. The minimum absolute atomic E-state index is 0.0531. The van der Waals surface area contributed by atoms with Gasteiger partial charge in [0, 0.05) is 6.04 Å². The molecule has 3 rings (SSSR count). The number of fused-ring (bicyclic) bond motifs is 1. The lowest BCUT2D eigenvalue weighted by atomic mass is 10.2. The lowest BCUT2D eigenvalue weighted by Crippen LogP contribution is -2.38. The molecule has 0 atom stereocenters. The van der Waals surface area contributed by atoms with Crippen LogP contribution in [0.15, 0.2) is 47.3 Å². The summed E-state index contributed by atoms with van der Waals surface area (Å²) in [6.07, 6.45) is 0. The summed E-state index contributed by atoms with van der Waals surface area (Å²) in [6, 6.07) is 12.3. The average molecular weight is 419 g/mol. The van der Waals surface area contributed by atoms with E-state index in [9.17, 15) is 9.59 Å². The second kappa shape index (κ2) is 8.73. The van der Waals surface area contributed by atoms with Crippen LogP contribution in [0.5, 0.6) is 0 Å². The molecule has 0 aliphatic carbocycles. The lowest BCUT2D eigenvalue weighted by molar-refractivity contribution is -0.117. The predicted octanol–water partition coefficient (Wildman–Crippen LogP) is 4.08. The van der Waals surface area contributed by atoms with Gasteiger partial charge in [-0.1, -0.05) is 41.4 Å². The monoisotopic (exact) mass is 418 g/mol. The largest absolute Gasteiger partial charge is 0.324 e. The summed E-state index contributed by atoms with van der Waals surface area (Å²) in [7, 11) is 0. The molecule has 146 valence electrons. The van der Waals surface area contributed by atoms with Gasteiger partial charge in [-0.2, -0.15) is 0 Å². The van der Waals surface area contributed by atoms with Crippen molar-refractivity contribution in [2.75, 3.05) is 11.9 Å². The summed E-state index contributed by atoms with van der Waals surface area (Å²) in [5, 5.41) is 3.98. The number of anilines is 1. The fourth-order valence-electron chi connectivity index (χ4n) is 2.80. The van der Waals surface area contributed by atoms with E-state index in [1.807, 2.05) is 24.8 Å². The van der Waals surface area contributed by atoms with E-state index in [1.165, 1.54) is 0 Å². The molecule has 0 spiro atoms. The summed E-state index contributed by atoms with van der Waals surface area (Å²) < 4.78 is 0. The number of nitrogens with zero attached hydrogens (tertiary/aromatic N) is 2. The van der Waals surface area contributed by atoms with Gasteiger partial charge in [0.1, 0.15) is 5.82 Å². The minimum atomic E-state index is -0.235. The van der Waals surface area contributed by atoms with Gasteiger partial charge in [-0.3, -0.25) is 14.5 Å². The number of aromatic amines is 1. The van der Waals surface area contributed by atoms with E-state index in [-0.39, 0.29) is 24.1 Å². The number of rotatable bonds is 6. The van der Waals surface area contributed by atoms with Crippen molar-refractivity contribution in [2.45, 2.75) is 26.4 Å². The summed E-state index contributed by atoms with van der Waals surface area (Å²) in [4.78, 5) is 34.0. The summed E-state index contributed by atoms with van der Waals surface area (Å²) >= 11 is 12.1. The molecule has 0 saturated carbocycles. The van der Waals surface area contributed by atoms with Crippen molar-refractivity contribution in [3.8, 4) is 0 Å². The first-order valence-corrected chi connectivity index (χ1v) is 9.56. The average Bonchev–Trinajstić information content (AvgIpc) is 2.65. The zero-order valence-corrected chi connectivity index (χ0v) is 17.0. The van der Waals surface area contributed by atoms with Crippen LogP contribution < -0.4 is 10.9 Å². The van der Waals surface area contributed by atoms with E-state index in [0.29, 0.717) is 39.0 Å². The zero-order chi connectivity index (χ0) is 20.3. The summed E-state index contributed by atoms with van der Waals surface area (Å²) in [5.41, 5.74) is 0.889. The number of nitrogens with one attached hydrogen (secondary N) is 2. The Morgan fingerprint density at radius 2 is 1.93 bits per heavy atom. The minimum Gasteiger partial charge on any atom is -0.324 e. The van der Waals surface area contributed by atoms with Crippen molar-refractivity contribution in [3.05, 3.63) is 68.7 Å². The Kier molecular flexibility index (Phi) is 6.34. The van der Waals surface area contributed by atoms with Gasteiger partial charge in [0.25, 0.3) is 5.56 Å². The molecule has 8 heteroatoms. The molecule has 1 amide bonds. The van der Waals surface area contributed by atoms with Crippen LogP contribution in [0.4, 0.5) is 5.69 Å². The normalized spacial score (nSPS) is 11.4. The molecule has 28 heavy (non-hydrogen) atoms. The van der Waals surface area contributed by atoms with Crippen molar-refractivity contribution in [1.82, 2.24) is 14.9 Å². The van der Waals surface area contributed by atoms with Crippen molar-refractivity contribution in [2.24, 2.45) is 0 Å². The molecule has 0 bridgehead atoms. The number of amides is 1. The van der Waals surface area contributed by atoms with Crippen molar-refractivity contribution < 1.29 is 4.79 Å². The van der Waals surface area contributed by atoms with Crippen LogP contribution in [-0.2, 0) is 11.3 Å². The van der Waals surface area contributed by atoms with Crippen molar-refractivity contribution in [3.63, 3.8) is 0 Å². The van der Waals surface area contributed by atoms with Gasteiger partial charge in [0.2, 0.25) is 5.91 Å². The highest BCUT2D eigenvalue weighted by atomic mass is 35.5. The molecule has 6 nitrogen and oxygen atoms in total. The third-order valence-corrected chi connectivity index (χ3v) is 5.14. The van der Waals surface area contributed by atoms with Crippen LogP contribution in [0.25, 0.3) is 10.9 Å². The molecule has 3 aromatic rings. The van der Waals surface area contributed by atoms with Gasteiger partial charge in [-0.25, -0.2) is 4.98 Å². The highest BCUT2D eigenvalue weighted by molar-refractivity contribution is 6.44. The Hall–Kier alpha value is -2.41. The maximum atomic E-state index is 12.5. The molecule has 2 N–H and O–H groups in total. The number of hydrogen-bond donors (Lipinski definition) is 2. The third kappa shape index (κ3) is 4.70. The number of aromatic nitrogens is 2. The molecule has 0 aliphatic rings. The van der Waals surface area contributed by atoms with Crippen molar-refractivity contribution >= 4 is 45.7 Å². The van der Waals surface area contributed by atoms with Gasteiger partial charge in [0.15, 0.2) is 0 Å². The Labute approximate surface area is 172 Å². The SMILES string of the molecule is CC(C)N(CC(=O)Nc1cccc(Cl)c1Cl)Cc1nc2ccccc2c(=O)[nH]1. The van der Waals surface area contributed by atoms with E-state index < -0.39 is 0 Å². The molecule has 1 heterocycles. The van der Waals surface area contributed by atoms with E-state index in [0.717, 1.165) is 0 Å². The molecular formula is C20H20Cl2N4O2. The third-order valence-electron chi connectivity index (χ3n) is 4.32. The molecule has 0 saturated heterocycles. The van der Waals surface area contributed by atoms with E-state index in [4.69, 9.17) is 23.2 Å². The predicted molar refractivity (Wildman–Crippen MR) is 113 cm³/mol. The molecular weight excluding hydrogens is 399 g/mol. The number of halogens is 2. The summed E-state index contributed by atoms with van der Waals surface area (Å²) in [6.45, 7) is 4.38. The van der Waals surface area contributed by atoms with E-state index in [2.05, 4.69) is 15.3 Å². The first kappa shape index (κ1) is 20.3. The second-order valence-electron chi connectivity index (χ2n) is 6.68. The maximum absolute atomic E-state index is 12.5. The Morgan fingerprint density at radius 1 is 1.18 bits per heavy atom. The first-order valence-electron chi connectivity index (χ1n) is 8.81. The van der Waals surface area contributed by atoms with Crippen LogP contribution in [0.2, 0.25) is 10.0 Å². The number of carbonyl (C=O) groups is 1. The molecule has 0 fully saturated rings. The van der Waals surface area contributed by atoms with Crippen molar-refractivity contribution in [1.29, 1.82) is 0 Å². The number of carbonyl (C=O) groups excluding carboxylic acids is 1. The van der Waals surface area contributed by atoms with Crippen LogP contribution in [-0.4, -0.2) is 33.4 Å². The number of H-pyrrole nitrogens is 1. The molecule has 0 radical (unpaired) electrons. The van der Waals surface area contributed by atoms with E-state index >= 15 is 0 Å². The Bertz CT molecular complexity index is 1070. The fraction of sp³-hybridized carbons (Fsp3) is 0.250.